The van der Waals surface area contributed by atoms with E-state index in [0.717, 1.165) is 23.5 Å². The number of carboxylic acid groups (broad SMARTS) is 1. The molecule has 0 heterocycles. The van der Waals surface area contributed by atoms with Crippen LogP contribution in [0.5, 0.6) is 0 Å². The molecule has 2 aromatic carbocycles. The predicted molar refractivity (Wildman–Crippen MR) is 87.4 cm³/mol. The number of nitrogens with one attached hydrogen (secondary N) is 1. The third-order valence-corrected chi connectivity index (χ3v) is 2.92. The van der Waals surface area contributed by atoms with Gasteiger partial charge in [0.05, 0.1) is 18.5 Å². The molecule has 0 aliphatic rings. The molecule has 0 aliphatic carbocycles. The summed E-state index contributed by atoms with van der Waals surface area (Å²) >= 11 is 0. The molecule has 0 bridgehead atoms. The lowest BCUT2D eigenvalue weighted by atomic mass is 10.2. The number of carbonyl (C=O) groups is 2. The van der Waals surface area contributed by atoms with E-state index in [1.54, 1.807) is 36.4 Å². The standard InChI is InChI=1S/C17H16N2O4/c1-23-19(14-5-3-2-4-6-14)15-9-7-13(8-10-15)18-16(20)11-12-17(21)22/h2-12H,1H3,(H,18,20)(H,21,22)/b12-11-. The highest BCUT2D eigenvalue weighted by atomic mass is 16.7. The summed E-state index contributed by atoms with van der Waals surface area (Å²) in [6, 6.07) is 16.5. The monoisotopic (exact) mass is 312 g/mol. The van der Waals surface area contributed by atoms with E-state index >= 15 is 0 Å². The first kappa shape index (κ1) is 16.3. The molecule has 2 rings (SSSR count). The number of nitrogens with zero attached hydrogens (tertiary/aromatic N) is 1. The normalized spacial score (nSPS) is 10.5. The van der Waals surface area contributed by atoms with Crippen molar-refractivity contribution >= 4 is 28.9 Å². The largest absolute Gasteiger partial charge is 0.478 e. The fraction of sp³-hybridized carbons (Fsp3) is 0.0588. The highest BCUT2D eigenvalue weighted by Gasteiger charge is 2.08. The number of benzene rings is 2. The van der Waals surface area contributed by atoms with Crippen LogP contribution in [0.4, 0.5) is 17.1 Å². The Labute approximate surface area is 133 Å². The van der Waals surface area contributed by atoms with Crippen LogP contribution >= 0.6 is 0 Å². The first-order chi connectivity index (χ1) is 11.1. The smallest absolute Gasteiger partial charge is 0.328 e. The number of anilines is 3. The molecule has 0 aliphatic heterocycles. The fourth-order valence-electron chi connectivity index (χ4n) is 1.93. The van der Waals surface area contributed by atoms with Gasteiger partial charge in [-0.3, -0.25) is 9.63 Å². The van der Waals surface area contributed by atoms with Gasteiger partial charge in [0, 0.05) is 17.8 Å². The van der Waals surface area contributed by atoms with Gasteiger partial charge in [0.1, 0.15) is 0 Å². The highest BCUT2D eigenvalue weighted by molar-refractivity contribution is 6.02. The van der Waals surface area contributed by atoms with Gasteiger partial charge in [-0.2, -0.15) is 0 Å². The minimum atomic E-state index is -1.17. The van der Waals surface area contributed by atoms with E-state index in [9.17, 15) is 9.59 Å². The molecule has 0 fully saturated rings. The number of rotatable bonds is 6. The number of carbonyl (C=O) groups excluding carboxylic acids is 1. The molecule has 0 spiro atoms. The lowest BCUT2D eigenvalue weighted by molar-refractivity contribution is -0.131. The second kappa shape index (κ2) is 7.77. The van der Waals surface area contributed by atoms with Crippen molar-refractivity contribution in [2.75, 3.05) is 17.5 Å². The highest BCUT2D eigenvalue weighted by Crippen LogP contribution is 2.26. The van der Waals surface area contributed by atoms with Crippen molar-refractivity contribution in [1.29, 1.82) is 0 Å². The molecule has 0 saturated heterocycles. The molecule has 118 valence electrons. The minimum Gasteiger partial charge on any atom is -0.478 e. The Hall–Kier alpha value is -3.12. The SMILES string of the molecule is CON(c1ccccc1)c1ccc(NC(=O)/C=C\C(=O)O)cc1. The Bertz CT molecular complexity index is 696. The van der Waals surface area contributed by atoms with E-state index in [0.29, 0.717) is 5.69 Å². The van der Waals surface area contributed by atoms with Gasteiger partial charge < -0.3 is 10.4 Å². The third-order valence-electron chi connectivity index (χ3n) is 2.92. The molecule has 0 unspecified atom stereocenters. The van der Waals surface area contributed by atoms with Crippen molar-refractivity contribution in [2.24, 2.45) is 0 Å². The molecule has 0 saturated carbocycles. The maximum Gasteiger partial charge on any atom is 0.328 e. The van der Waals surface area contributed by atoms with Crippen LogP contribution in [0.3, 0.4) is 0 Å². The first-order valence-corrected chi connectivity index (χ1v) is 6.81. The van der Waals surface area contributed by atoms with Crippen LogP contribution in [0.1, 0.15) is 0 Å². The van der Waals surface area contributed by atoms with Gasteiger partial charge in [-0.25, -0.2) is 9.86 Å². The van der Waals surface area contributed by atoms with Crippen molar-refractivity contribution < 1.29 is 19.5 Å². The summed E-state index contributed by atoms with van der Waals surface area (Å²) in [5, 5.41) is 12.7. The van der Waals surface area contributed by atoms with Crippen molar-refractivity contribution in [2.45, 2.75) is 0 Å². The Balaban J connectivity index is 2.09. The van der Waals surface area contributed by atoms with E-state index < -0.39 is 11.9 Å². The number of hydrogen-bond acceptors (Lipinski definition) is 4. The van der Waals surface area contributed by atoms with Crippen LogP contribution in [0.2, 0.25) is 0 Å². The van der Waals surface area contributed by atoms with Crippen molar-refractivity contribution in [1.82, 2.24) is 0 Å². The lowest BCUT2D eigenvalue weighted by Gasteiger charge is -2.22. The molecule has 6 nitrogen and oxygen atoms in total. The van der Waals surface area contributed by atoms with Crippen molar-refractivity contribution in [3.8, 4) is 0 Å². The fourth-order valence-corrected chi connectivity index (χ4v) is 1.93. The van der Waals surface area contributed by atoms with E-state index in [1.807, 2.05) is 30.3 Å². The third kappa shape index (κ3) is 4.69. The first-order valence-electron chi connectivity index (χ1n) is 6.81. The maximum absolute atomic E-state index is 11.5. The van der Waals surface area contributed by atoms with Crippen LogP contribution in [0.15, 0.2) is 66.7 Å². The average molecular weight is 312 g/mol. The number of amides is 1. The van der Waals surface area contributed by atoms with Gasteiger partial charge in [-0.15, -0.1) is 0 Å². The molecule has 0 aromatic heterocycles. The predicted octanol–water partition coefficient (Wildman–Crippen LogP) is 2.97. The number of hydrogen-bond donors (Lipinski definition) is 2. The second-order valence-electron chi connectivity index (χ2n) is 4.52. The summed E-state index contributed by atoms with van der Waals surface area (Å²) in [5.74, 6) is -1.68. The van der Waals surface area contributed by atoms with Crippen LogP contribution in [0, 0.1) is 0 Å². The summed E-state index contributed by atoms with van der Waals surface area (Å²) in [6.45, 7) is 0. The number of aliphatic carboxylic acids is 1. The molecule has 6 heteroatoms. The molecule has 23 heavy (non-hydrogen) atoms. The molecule has 2 N–H and O–H groups in total. The van der Waals surface area contributed by atoms with Crippen molar-refractivity contribution in [3.63, 3.8) is 0 Å². The van der Waals surface area contributed by atoms with Crippen LogP contribution in [-0.2, 0) is 14.4 Å². The van der Waals surface area contributed by atoms with Crippen LogP contribution < -0.4 is 10.4 Å². The zero-order chi connectivity index (χ0) is 16.7. The van der Waals surface area contributed by atoms with E-state index in [2.05, 4.69) is 5.32 Å². The number of carboxylic acids is 1. The molecule has 0 radical (unpaired) electrons. The summed E-state index contributed by atoms with van der Waals surface area (Å²) in [5.41, 5.74) is 2.21. The van der Waals surface area contributed by atoms with Gasteiger partial charge in [0.15, 0.2) is 0 Å². The molecular formula is C17H16N2O4. The van der Waals surface area contributed by atoms with Gasteiger partial charge in [0.25, 0.3) is 0 Å². The van der Waals surface area contributed by atoms with Gasteiger partial charge >= 0.3 is 5.97 Å². The average Bonchev–Trinajstić information content (AvgIpc) is 2.56. The van der Waals surface area contributed by atoms with Gasteiger partial charge in [-0.05, 0) is 36.4 Å². The minimum absolute atomic E-state index is 0.508. The summed E-state index contributed by atoms with van der Waals surface area (Å²) < 4.78 is 0. The maximum atomic E-state index is 11.5. The zero-order valence-electron chi connectivity index (χ0n) is 12.5. The topological polar surface area (TPSA) is 78.9 Å². The van der Waals surface area contributed by atoms with Crippen LogP contribution in [-0.4, -0.2) is 24.1 Å². The molecule has 1 amide bonds. The van der Waals surface area contributed by atoms with Crippen molar-refractivity contribution in [3.05, 3.63) is 66.7 Å². The molecule has 0 atom stereocenters. The Morgan fingerprint density at radius 2 is 1.61 bits per heavy atom. The van der Waals surface area contributed by atoms with Gasteiger partial charge in [-0.1, -0.05) is 18.2 Å². The Morgan fingerprint density at radius 1 is 1.00 bits per heavy atom. The molecule has 2 aromatic rings. The van der Waals surface area contributed by atoms with E-state index in [-0.39, 0.29) is 0 Å². The zero-order valence-corrected chi connectivity index (χ0v) is 12.5. The summed E-state index contributed by atoms with van der Waals surface area (Å²) in [7, 11) is 1.57. The summed E-state index contributed by atoms with van der Waals surface area (Å²) in [4.78, 5) is 27.3. The quantitative estimate of drug-likeness (QED) is 0.633. The lowest BCUT2D eigenvalue weighted by Crippen LogP contribution is -2.15. The van der Waals surface area contributed by atoms with Gasteiger partial charge in [0.2, 0.25) is 5.91 Å². The number of para-hydroxylation sites is 1. The Morgan fingerprint density at radius 3 is 2.17 bits per heavy atom. The Kier molecular flexibility index (Phi) is 5.49. The van der Waals surface area contributed by atoms with E-state index in [1.165, 1.54) is 0 Å². The summed E-state index contributed by atoms with van der Waals surface area (Å²) in [6.07, 6.45) is 1.74. The van der Waals surface area contributed by atoms with E-state index in [4.69, 9.17) is 9.94 Å². The second-order valence-corrected chi connectivity index (χ2v) is 4.52. The van der Waals surface area contributed by atoms with Crippen LogP contribution in [0.25, 0.3) is 0 Å². The molecular weight excluding hydrogens is 296 g/mol.